The van der Waals surface area contributed by atoms with Gasteiger partial charge in [-0.3, -0.25) is 0 Å². The standard InChI is InChI=1S/C16H23N3O4/c1-11-5-6-12(17-13(11)14(20)21)18-7-9-19(10-8-18)15(22)23-16(2,3)4/h5-6H,7-10H2,1-4H3,(H,20,21). The fraction of sp³-hybridized carbons (Fsp3) is 0.562. The fourth-order valence-corrected chi connectivity index (χ4v) is 2.36. The molecule has 0 atom stereocenters. The number of rotatable bonds is 2. The highest BCUT2D eigenvalue weighted by Gasteiger charge is 2.26. The molecule has 23 heavy (non-hydrogen) atoms. The van der Waals surface area contributed by atoms with Gasteiger partial charge in [0.1, 0.15) is 11.4 Å². The second-order valence-electron chi connectivity index (χ2n) is 6.59. The molecule has 0 unspecified atom stereocenters. The number of hydrogen-bond acceptors (Lipinski definition) is 5. The van der Waals surface area contributed by atoms with Gasteiger partial charge in [0, 0.05) is 26.2 Å². The maximum Gasteiger partial charge on any atom is 0.410 e. The lowest BCUT2D eigenvalue weighted by Gasteiger charge is -2.36. The molecule has 0 aromatic carbocycles. The summed E-state index contributed by atoms with van der Waals surface area (Å²) in [6, 6.07) is 3.57. The molecule has 1 fully saturated rings. The second kappa shape index (κ2) is 6.44. The molecule has 0 aliphatic carbocycles. The van der Waals surface area contributed by atoms with E-state index in [1.807, 2.05) is 31.7 Å². The van der Waals surface area contributed by atoms with Crippen LogP contribution >= 0.6 is 0 Å². The van der Waals surface area contributed by atoms with E-state index in [-0.39, 0.29) is 11.8 Å². The van der Waals surface area contributed by atoms with Crippen LogP contribution in [-0.2, 0) is 4.74 Å². The summed E-state index contributed by atoms with van der Waals surface area (Å²) < 4.78 is 5.36. The lowest BCUT2D eigenvalue weighted by Crippen LogP contribution is -2.50. The normalized spacial score (nSPS) is 15.5. The SMILES string of the molecule is Cc1ccc(N2CCN(C(=O)OC(C)(C)C)CC2)nc1C(=O)O. The number of amides is 1. The molecule has 2 heterocycles. The van der Waals surface area contributed by atoms with Gasteiger partial charge in [0.05, 0.1) is 0 Å². The van der Waals surface area contributed by atoms with Crippen LogP contribution in [0.15, 0.2) is 12.1 Å². The molecule has 1 amide bonds. The summed E-state index contributed by atoms with van der Waals surface area (Å²) >= 11 is 0. The largest absolute Gasteiger partial charge is 0.477 e. The molecule has 1 N–H and O–H groups in total. The molecule has 1 aromatic rings. The average molecular weight is 321 g/mol. The van der Waals surface area contributed by atoms with E-state index < -0.39 is 11.6 Å². The number of carboxylic acid groups (broad SMARTS) is 1. The highest BCUT2D eigenvalue weighted by Crippen LogP contribution is 2.18. The molecule has 0 radical (unpaired) electrons. The summed E-state index contributed by atoms with van der Waals surface area (Å²) in [5.74, 6) is -0.409. The first-order valence-electron chi connectivity index (χ1n) is 7.61. The lowest BCUT2D eigenvalue weighted by atomic mass is 10.2. The van der Waals surface area contributed by atoms with Crippen LogP contribution in [0.1, 0.15) is 36.8 Å². The van der Waals surface area contributed by atoms with Gasteiger partial charge in [-0.1, -0.05) is 6.07 Å². The summed E-state index contributed by atoms with van der Waals surface area (Å²) in [6.07, 6.45) is -0.319. The van der Waals surface area contributed by atoms with Crippen LogP contribution in [-0.4, -0.2) is 58.8 Å². The molecule has 0 spiro atoms. The number of aryl methyl sites for hydroxylation is 1. The quantitative estimate of drug-likeness (QED) is 0.898. The minimum atomic E-state index is -1.03. The Labute approximate surface area is 135 Å². The Kier molecular flexibility index (Phi) is 4.77. The minimum Gasteiger partial charge on any atom is -0.477 e. The van der Waals surface area contributed by atoms with Gasteiger partial charge in [0.15, 0.2) is 5.69 Å². The van der Waals surface area contributed by atoms with Crippen LogP contribution in [0.3, 0.4) is 0 Å². The molecular weight excluding hydrogens is 298 g/mol. The van der Waals surface area contributed by atoms with Crippen LogP contribution in [0.25, 0.3) is 0 Å². The predicted octanol–water partition coefficient (Wildman–Crippen LogP) is 2.15. The Morgan fingerprint density at radius 3 is 2.30 bits per heavy atom. The third kappa shape index (κ3) is 4.34. The molecule has 1 saturated heterocycles. The predicted molar refractivity (Wildman–Crippen MR) is 86.0 cm³/mol. The van der Waals surface area contributed by atoms with Crippen molar-refractivity contribution in [3.05, 3.63) is 23.4 Å². The van der Waals surface area contributed by atoms with Crippen LogP contribution in [0.2, 0.25) is 0 Å². The number of ether oxygens (including phenoxy) is 1. The molecule has 7 nitrogen and oxygen atoms in total. The maximum atomic E-state index is 12.0. The number of aromatic nitrogens is 1. The molecule has 7 heteroatoms. The van der Waals surface area contributed by atoms with E-state index in [0.717, 1.165) is 0 Å². The van der Waals surface area contributed by atoms with Gasteiger partial charge in [0.2, 0.25) is 0 Å². The number of aromatic carboxylic acids is 1. The number of nitrogens with zero attached hydrogens (tertiary/aromatic N) is 3. The zero-order valence-electron chi connectivity index (χ0n) is 14.0. The first-order chi connectivity index (χ1) is 10.7. The monoisotopic (exact) mass is 321 g/mol. The fourth-order valence-electron chi connectivity index (χ4n) is 2.36. The van der Waals surface area contributed by atoms with E-state index >= 15 is 0 Å². The second-order valence-corrected chi connectivity index (χ2v) is 6.59. The highest BCUT2D eigenvalue weighted by molar-refractivity contribution is 5.87. The highest BCUT2D eigenvalue weighted by atomic mass is 16.6. The summed E-state index contributed by atoms with van der Waals surface area (Å²) in [4.78, 5) is 31.1. The molecule has 126 valence electrons. The van der Waals surface area contributed by atoms with E-state index in [9.17, 15) is 9.59 Å². The molecule has 1 aromatic heterocycles. The first-order valence-corrected chi connectivity index (χ1v) is 7.61. The van der Waals surface area contributed by atoms with Crippen LogP contribution in [0.4, 0.5) is 10.6 Å². The van der Waals surface area contributed by atoms with E-state index in [1.54, 1.807) is 17.9 Å². The average Bonchev–Trinajstić information content (AvgIpc) is 2.46. The van der Waals surface area contributed by atoms with E-state index in [2.05, 4.69) is 4.98 Å². The van der Waals surface area contributed by atoms with E-state index in [4.69, 9.17) is 9.84 Å². The third-order valence-corrected chi connectivity index (χ3v) is 3.54. The van der Waals surface area contributed by atoms with Crippen molar-refractivity contribution in [2.24, 2.45) is 0 Å². The zero-order valence-corrected chi connectivity index (χ0v) is 14.0. The molecule has 0 saturated carbocycles. The topological polar surface area (TPSA) is 83.0 Å². The Balaban J connectivity index is 2.01. The molecule has 1 aliphatic rings. The van der Waals surface area contributed by atoms with Crippen molar-refractivity contribution in [2.75, 3.05) is 31.1 Å². The Hall–Kier alpha value is -2.31. The smallest absolute Gasteiger partial charge is 0.410 e. The summed E-state index contributed by atoms with van der Waals surface area (Å²) in [5, 5.41) is 9.16. The van der Waals surface area contributed by atoms with Crippen molar-refractivity contribution >= 4 is 17.9 Å². The first kappa shape index (κ1) is 17.1. The van der Waals surface area contributed by atoms with Gasteiger partial charge >= 0.3 is 12.1 Å². The molecule has 2 rings (SSSR count). The summed E-state index contributed by atoms with van der Waals surface area (Å²) in [7, 11) is 0. The lowest BCUT2D eigenvalue weighted by molar-refractivity contribution is 0.0240. The Morgan fingerprint density at radius 1 is 1.17 bits per heavy atom. The van der Waals surface area contributed by atoms with Gasteiger partial charge in [-0.25, -0.2) is 14.6 Å². The van der Waals surface area contributed by atoms with Gasteiger partial charge in [0.25, 0.3) is 0 Å². The van der Waals surface area contributed by atoms with Crippen LogP contribution < -0.4 is 4.90 Å². The number of pyridine rings is 1. The van der Waals surface area contributed by atoms with E-state index in [1.165, 1.54) is 0 Å². The van der Waals surface area contributed by atoms with Crippen molar-refractivity contribution in [3.63, 3.8) is 0 Å². The van der Waals surface area contributed by atoms with Gasteiger partial charge in [-0.15, -0.1) is 0 Å². The maximum absolute atomic E-state index is 12.0. The van der Waals surface area contributed by atoms with Crippen molar-refractivity contribution in [2.45, 2.75) is 33.3 Å². The minimum absolute atomic E-state index is 0.0667. The van der Waals surface area contributed by atoms with Gasteiger partial charge in [-0.2, -0.15) is 0 Å². The van der Waals surface area contributed by atoms with Crippen molar-refractivity contribution in [3.8, 4) is 0 Å². The Morgan fingerprint density at radius 2 is 1.78 bits per heavy atom. The number of carbonyl (C=O) groups excluding carboxylic acids is 1. The van der Waals surface area contributed by atoms with Crippen LogP contribution in [0, 0.1) is 6.92 Å². The van der Waals surface area contributed by atoms with Crippen molar-refractivity contribution < 1.29 is 19.4 Å². The molecular formula is C16H23N3O4. The third-order valence-electron chi connectivity index (χ3n) is 3.54. The van der Waals surface area contributed by atoms with Crippen molar-refractivity contribution in [1.82, 2.24) is 9.88 Å². The molecule has 0 bridgehead atoms. The number of carboxylic acids is 1. The van der Waals surface area contributed by atoms with Crippen molar-refractivity contribution in [1.29, 1.82) is 0 Å². The molecule has 1 aliphatic heterocycles. The number of piperazine rings is 1. The van der Waals surface area contributed by atoms with Gasteiger partial charge < -0.3 is 19.6 Å². The summed E-state index contributed by atoms with van der Waals surface area (Å²) in [6.45, 7) is 9.46. The van der Waals surface area contributed by atoms with Gasteiger partial charge in [-0.05, 0) is 39.3 Å². The number of anilines is 1. The zero-order chi connectivity index (χ0) is 17.2. The van der Waals surface area contributed by atoms with E-state index in [0.29, 0.717) is 37.6 Å². The number of hydrogen-bond donors (Lipinski definition) is 1. The summed E-state index contributed by atoms with van der Waals surface area (Å²) in [5.41, 5.74) is 0.189. The van der Waals surface area contributed by atoms with Crippen LogP contribution in [0.5, 0.6) is 0 Å². The number of carbonyl (C=O) groups is 2. The Bertz CT molecular complexity index is 602.